The molecule has 8 heteroatoms. The molecular weight excluding hydrogens is 572 g/mol. The Morgan fingerprint density at radius 1 is 0.889 bits per heavy atom. The number of hydrogen-bond donors (Lipinski definition) is 0. The van der Waals surface area contributed by atoms with Gasteiger partial charge in [-0.25, -0.2) is 4.79 Å². The maximum atomic E-state index is 13.7. The van der Waals surface area contributed by atoms with E-state index < -0.39 is 11.9 Å². The second kappa shape index (κ2) is 14.9. The van der Waals surface area contributed by atoms with Gasteiger partial charge >= 0.3 is 11.9 Å². The summed E-state index contributed by atoms with van der Waals surface area (Å²) in [7, 11) is 3.16. The van der Waals surface area contributed by atoms with Gasteiger partial charge in [0.25, 0.3) is 0 Å². The molecule has 1 unspecified atom stereocenters. The minimum Gasteiger partial charge on any atom is -0.497 e. The third-order valence-corrected chi connectivity index (χ3v) is 8.26. The first kappa shape index (κ1) is 31.8. The highest BCUT2D eigenvalue weighted by molar-refractivity contribution is 5.99. The van der Waals surface area contributed by atoms with E-state index in [1.54, 1.807) is 13.2 Å². The number of fused-ring (bicyclic) bond motifs is 2. The first-order valence-electron chi connectivity index (χ1n) is 15.6. The maximum Gasteiger partial charge on any atom is 0.342 e. The largest absolute Gasteiger partial charge is 0.497 e. The third-order valence-electron chi connectivity index (χ3n) is 8.26. The quantitative estimate of drug-likeness (QED) is 0.203. The van der Waals surface area contributed by atoms with Crippen molar-refractivity contribution in [1.82, 2.24) is 0 Å². The number of hydrogen-bond acceptors (Lipinski definition) is 8. The Morgan fingerprint density at radius 3 is 2.36 bits per heavy atom. The van der Waals surface area contributed by atoms with E-state index in [0.717, 1.165) is 29.7 Å². The van der Waals surface area contributed by atoms with E-state index in [2.05, 4.69) is 0 Å². The summed E-state index contributed by atoms with van der Waals surface area (Å²) in [5.41, 5.74) is 3.49. The molecule has 0 amide bonds. The lowest BCUT2D eigenvalue weighted by Gasteiger charge is -2.29. The Bertz CT molecular complexity index is 1540. The Hall–Kier alpha value is -4.59. The summed E-state index contributed by atoms with van der Waals surface area (Å²) in [6.07, 6.45) is 7.86. The topological polar surface area (TPSA) is 97.4 Å². The molecule has 2 aliphatic rings. The maximum absolute atomic E-state index is 13.7. The fourth-order valence-corrected chi connectivity index (χ4v) is 5.87. The molecule has 2 aliphatic heterocycles. The molecule has 2 heterocycles. The fraction of sp³-hybridized carbons (Fsp3) is 0.378. The zero-order valence-corrected chi connectivity index (χ0v) is 26.1. The van der Waals surface area contributed by atoms with Crippen LogP contribution >= 0.6 is 0 Å². The Labute approximate surface area is 264 Å². The van der Waals surface area contributed by atoms with Crippen molar-refractivity contribution in [1.29, 1.82) is 0 Å². The van der Waals surface area contributed by atoms with Gasteiger partial charge in [-0.15, -0.1) is 0 Å². The van der Waals surface area contributed by atoms with E-state index >= 15 is 0 Å². The van der Waals surface area contributed by atoms with Crippen LogP contribution in [0.15, 0.2) is 60.7 Å². The van der Waals surface area contributed by atoms with E-state index in [1.165, 1.54) is 7.11 Å². The minimum atomic E-state index is -0.513. The third kappa shape index (κ3) is 7.93. The summed E-state index contributed by atoms with van der Waals surface area (Å²) in [4.78, 5) is 38.7. The lowest BCUT2D eigenvalue weighted by molar-refractivity contribution is -0.135. The number of benzene rings is 3. The fourth-order valence-electron chi connectivity index (χ4n) is 5.87. The summed E-state index contributed by atoms with van der Waals surface area (Å²) in [5.74, 6) is 1.17. The van der Waals surface area contributed by atoms with Crippen molar-refractivity contribution in [2.24, 2.45) is 0 Å². The number of ether oxygens (including phenoxy) is 5. The molecule has 2 atom stereocenters. The van der Waals surface area contributed by atoms with Crippen molar-refractivity contribution < 1.29 is 38.1 Å². The van der Waals surface area contributed by atoms with Crippen LogP contribution in [0.25, 0.3) is 6.08 Å². The van der Waals surface area contributed by atoms with Gasteiger partial charge in [0.15, 0.2) is 0 Å². The molecule has 0 spiro atoms. The zero-order valence-electron chi connectivity index (χ0n) is 26.1. The number of carbonyl (C=O) groups is 3. The predicted octanol–water partition coefficient (Wildman–Crippen LogP) is 7.25. The monoisotopic (exact) mass is 612 g/mol. The highest BCUT2D eigenvalue weighted by Crippen LogP contribution is 2.47. The molecule has 0 saturated heterocycles. The molecule has 3 aromatic carbocycles. The molecule has 0 saturated carbocycles. The van der Waals surface area contributed by atoms with E-state index in [9.17, 15) is 14.4 Å². The average Bonchev–Trinajstić information content (AvgIpc) is 3.03. The SMILES string of the molecule is COc1ccc(CCOc2ccc(C3CC(=O)Oc4cc5c(c(OC)c43)C(=O)O[C@@H](C)CCCC(=O)CCCC=C5)cc2)cc1. The first-order chi connectivity index (χ1) is 21.9. The second-order valence-corrected chi connectivity index (χ2v) is 11.5. The standard InChI is InChI=1S/C37H40O8/c1-24-8-7-11-28(38)10-6-4-5-9-27-22-32-35(36(42-3)34(27)37(40)44-24)31(23-33(39)45-32)26-14-18-30(19-15-26)43-21-20-25-12-16-29(41-2)17-13-25/h5,9,12-19,22,24,31H,4,6-8,10-11,20-21,23H2,1-3H3/t24-,31?/m0/s1. The molecule has 3 aromatic rings. The Kier molecular flexibility index (Phi) is 10.6. The minimum absolute atomic E-state index is 0.0924. The van der Waals surface area contributed by atoms with Crippen LogP contribution in [0, 0.1) is 0 Å². The van der Waals surface area contributed by atoms with Crippen LogP contribution in [-0.4, -0.2) is 44.7 Å². The summed E-state index contributed by atoms with van der Waals surface area (Å²) in [5, 5.41) is 0. The molecule has 8 nitrogen and oxygen atoms in total. The van der Waals surface area contributed by atoms with Crippen LogP contribution in [0.1, 0.15) is 90.4 Å². The van der Waals surface area contributed by atoms with Crippen molar-refractivity contribution in [3.8, 4) is 23.0 Å². The van der Waals surface area contributed by atoms with Crippen LogP contribution in [0.2, 0.25) is 0 Å². The predicted molar refractivity (Wildman–Crippen MR) is 170 cm³/mol. The second-order valence-electron chi connectivity index (χ2n) is 11.5. The highest BCUT2D eigenvalue weighted by Gasteiger charge is 2.36. The van der Waals surface area contributed by atoms with Crippen molar-refractivity contribution in [2.75, 3.05) is 20.8 Å². The van der Waals surface area contributed by atoms with Gasteiger partial charge in [0.1, 0.15) is 34.3 Å². The number of rotatable bonds is 7. The normalized spacial score (nSPS) is 19.0. The summed E-state index contributed by atoms with van der Waals surface area (Å²) >= 11 is 0. The number of methoxy groups -OCH3 is 2. The molecule has 0 aliphatic carbocycles. The van der Waals surface area contributed by atoms with Crippen molar-refractivity contribution in [3.05, 3.63) is 88.5 Å². The summed E-state index contributed by atoms with van der Waals surface area (Å²) in [6.45, 7) is 2.34. The molecular formula is C37H40O8. The Balaban J connectivity index is 1.42. The number of carbonyl (C=O) groups excluding carboxylic acids is 3. The highest BCUT2D eigenvalue weighted by atomic mass is 16.5. The van der Waals surface area contributed by atoms with Crippen molar-refractivity contribution in [2.45, 2.75) is 70.3 Å². The van der Waals surface area contributed by atoms with Gasteiger partial charge in [-0.2, -0.15) is 0 Å². The van der Waals surface area contributed by atoms with Gasteiger partial charge in [-0.05, 0) is 79.6 Å². The number of ketones is 1. The van der Waals surface area contributed by atoms with E-state index in [-0.39, 0.29) is 24.3 Å². The van der Waals surface area contributed by atoms with Gasteiger partial charge in [0.2, 0.25) is 0 Å². The van der Waals surface area contributed by atoms with Crippen LogP contribution in [0.3, 0.4) is 0 Å². The molecule has 236 valence electrons. The average molecular weight is 613 g/mol. The van der Waals surface area contributed by atoms with Gasteiger partial charge in [-0.1, -0.05) is 36.4 Å². The molecule has 0 aromatic heterocycles. The number of esters is 2. The first-order valence-corrected chi connectivity index (χ1v) is 15.6. The van der Waals surface area contributed by atoms with Crippen LogP contribution in [0.5, 0.6) is 23.0 Å². The van der Waals surface area contributed by atoms with Crippen LogP contribution in [0.4, 0.5) is 0 Å². The smallest absolute Gasteiger partial charge is 0.342 e. The zero-order chi connectivity index (χ0) is 31.8. The van der Waals surface area contributed by atoms with E-state index in [0.29, 0.717) is 72.6 Å². The van der Waals surface area contributed by atoms with E-state index in [4.69, 9.17) is 23.7 Å². The van der Waals surface area contributed by atoms with Crippen molar-refractivity contribution >= 4 is 23.8 Å². The lowest BCUT2D eigenvalue weighted by atomic mass is 9.83. The summed E-state index contributed by atoms with van der Waals surface area (Å²) in [6, 6.07) is 17.3. The molecule has 0 N–H and O–H groups in total. The Morgan fingerprint density at radius 2 is 1.62 bits per heavy atom. The van der Waals surface area contributed by atoms with E-state index in [1.807, 2.05) is 67.6 Å². The number of cyclic esters (lactones) is 1. The van der Waals surface area contributed by atoms with Crippen LogP contribution in [-0.2, 0) is 20.7 Å². The van der Waals surface area contributed by atoms with Crippen LogP contribution < -0.4 is 18.9 Å². The van der Waals surface area contributed by atoms with Gasteiger partial charge in [-0.3, -0.25) is 9.59 Å². The molecule has 0 bridgehead atoms. The van der Waals surface area contributed by atoms with Gasteiger partial charge in [0, 0.05) is 30.7 Å². The van der Waals surface area contributed by atoms with Gasteiger partial charge < -0.3 is 23.7 Å². The van der Waals surface area contributed by atoms with Crippen molar-refractivity contribution in [3.63, 3.8) is 0 Å². The molecule has 0 radical (unpaired) electrons. The molecule has 0 fully saturated rings. The lowest BCUT2D eigenvalue weighted by Crippen LogP contribution is -2.24. The molecule has 5 rings (SSSR count). The molecule has 45 heavy (non-hydrogen) atoms. The summed E-state index contributed by atoms with van der Waals surface area (Å²) < 4.78 is 28.7. The number of Topliss-reactive ketones (excluding diaryl/α,β-unsaturated/α-hetero) is 1. The number of allylic oxidation sites excluding steroid dienone is 1. The van der Waals surface area contributed by atoms with Gasteiger partial charge in [0.05, 0.1) is 33.4 Å².